The lowest BCUT2D eigenvalue weighted by molar-refractivity contribution is 0.0679. The Hall–Kier alpha value is -2.76. The molecule has 0 amide bonds. The van der Waals surface area contributed by atoms with E-state index in [-0.39, 0.29) is 11.4 Å². The van der Waals surface area contributed by atoms with Crippen molar-refractivity contribution >= 4 is 11.9 Å². The van der Waals surface area contributed by atoms with Crippen LogP contribution in [0.3, 0.4) is 0 Å². The lowest BCUT2D eigenvalue weighted by Gasteiger charge is -2.06. The molecule has 0 saturated heterocycles. The van der Waals surface area contributed by atoms with Gasteiger partial charge in [0.1, 0.15) is 11.4 Å². The Labute approximate surface area is 114 Å². The van der Waals surface area contributed by atoms with Crippen molar-refractivity contribution in [3.63, 3.8) is 0 Å². The molecule has 2 aromatic rings. The number of nitrogens with zero attached hydrogens (tertiary/aromatic N) is 2. The minimum absolute atomic E-state index is 0.0971. The third kappa shape index (κ3) is 2.80. The summed E-state index contributed by atoms with van der Waals surface area (Å²) in [6.07, 6.45) is 0. The van der Waals surface area contributed by atoms with Gasteiger partial charge in [-0.15, -0.1) is 0 Å². The lowest BCUT2D eigenvalue weighted by Crippen LogP contribution is -2.05. The molecule has 0 atom stereocenters. The Balaban J connectivity index is 2.62. The fourth-order valence-corrected chi connectivity index (χ4v) is 1.82. The predicted octanol–water partition coefficient (Wildman–Crippen LogP) is 2.16. The predicted molar refractivity (Wildman–Crippen MR) is 70.9 cm³/mol. The van der Waals surface area contributed by atoms with Gasteiger partial charge in [-0.05, 0) is 49.2 Å². The van der Waals surface area contributed by atoms with Crippen LogP contribution >= 0.6 is 0 Å². The zero-order chi connectivity index (χ0) is 14.9. The molecule has 102 valence electrons. The number of rotatable bonds is 3. The van der Waals surface area contributed by atoms with Crippen LogP contribution in [-0.4, -0.2) is 32.1 Å². The van der Waals surface area contributed by atoms with Crippen molar-refractivity contribution < 1.29 is 19.8 Å². The van der Waals surface area contributed by atoms with Gasteiger partial charge in [0, 0.05) is 0 Å². The Kier molecular flexibility index (Phi) is 3.47. The molecule has 0 unspecified atom stereocenters. The van der Waals surface area contributed by atoms with Gasteiger partial charge in [0.2, 0.25) is 0 Å². The highest BCUT2D eigenvalue weighted by atomic mass is 16.4. The van der Waals surface area contributed by atoms with Crippen LogP contribution in [0.4, 0.5) is 0 Å². The number of aromatic carboxylic acids is 2. The van der Waals surface area contributed by atoms with E-state index in [1.54, 1.807) is 26.0 Å². The van der Waals surface area contributed by atoms with Crippen molar-refractivity contribution in [1.82, 2.24) is 9.97 Å². The summed E-state index contributed by atoms with van der Waals surface area (Å²) < 4.78 is 0. The summed E-state index contributed by atoms with van der Waals surface area (Å²) in [5.41, 5.74) is 1.92. The number of carboxylic acids is 2. The molecule has 2 N–H and O–H groups in total. The van der Waals surface area contributed by atoms with Crippen molar-refractivity contribution in [1.29, 1.82) is 0 Å². The number of aromatic nitrogens is 2. The molecule has 0 spiro atoms. The van der Waals surface area contributed by atoms with Gasteiger partial charge in [0.05, 0.1) is 11.4 Å². The van der Waals surface area contributed by atoms with E-state index in [1.165, 1.54) is 12.1 Å². The van der Waals surface area contributed by atoms with E-state index in [0.717, 1.165) is 0 Å². The summed E-state index contributed by atoms with van der Waals surface area (Å²) in [4.78, 5) is 30.0. The van der Waals surface area contributed by atoms with Crippen LogP contribution in [0.15, 0.2) is 24.3 Å². The molecule has 2 aromatic heterocycles. The molecule has 0 radical (unpaired) electrons. The number of aryl methyl sites for hydroxylation is 2. The summed E-state index contributed by atoms with van der Waals surface area (Å²) in [5.74, 6) is -2.28. The Morgan fingerprint density at radius 3 is 1.45 bits per heavy atom. The summed E-state index contributed by atoms with van der Waals surface area (Å²) in [5, 5.41) is 18.0. The third-order valence-corrected chi connectivity index (χ3v) is 2.64. The van der Waals surface area contributed by atoms with Gasteiger partial charge >= 0.3 is 11.9 Å². The van der Waals surface area contributed by atoms with Crippen LogP contribution in [0.2, 0.25) is 0 Å². The first-order valence-corrected chi connectivity index (χ1v) is 5.81. The van der Waals surface area contributed by atoms with Crippen molar-refractivity contribution in [3.05, 3.63) is 46.8 Å². The zero-order valence-electron chi connectivity index (χ0n) is 10.9. The summed E-state index contributed by atoms with van der Waals surface area (Å²) in [6, 6.07) is 6.22. The van der Waals surface area contributed by atoms with Gasteiger partial charge < -0.3 is 10.2 Å². The summed E-state index contributed by atoms with van der Waals surface area (Å²) in [6.45, 7) is 3.48. The SMILES string of the molecule is Cc1cc(C(=O)O)nc(-c2cc(C)cc(C(=O)O)n2)c1. The number of carboxylic acid groups (broad SMARTS) is 2. The maximum atomic E-state index is 11.0. The highest BCUT2D eigenvalue weighted by molar-refractivity contribution is 5.87. The van der Waals surface area contributed by atoms with E-state index in [4.69, 9.17) is 10.2 Å². The molecule has 0 bridgehead atoms. The Morgan fingerprint density at radius 1 is 0.800 bits per heavy atom. The van der Waals surface area contributed by atoms with Crippen molar-refractivity contribution in [3.8, 4) is 11.4 Å². The monoisotopic (exact) mass is 272 g/mol. The summed E-state index contributed by atoms with van der Waals surface area (Å²) >= 11 is 0. The normalized spacial score (nSPS) is 10.3. The number of hydrogen-bond donors (Lipinski definition) is 2. The minimum atomic E-state index is -1.14. The first-order valence-electron chi connectivity index (χ1n) is 5.81. The number of hydrogen-bond acceptors (Lipinski definition) is 4. The summed E-state index contributed by atoms with van der Waals surface area (Å²) in [7, 11) is 0. The average molecular weight is 272 g/mol. The molecule has 6 heteroatoms. The molecule has 0 aliphatic carbocycles. The second-order valence-electron chi connectivity index (χ2n) is 4.44. The zero-order valence-corrected chi connectivity index (χ0v) is 10.9. The standard InChI is InChI=1S/C14H12N2O4/c1-7-3-9(15-11(5-7)13(17)18)10-4-8(2)6-12(16-10)14(19)20/h3-6H,1-2H3,(H,17,18)(H,19,20). The van der Waals surface area contributed by atoms with Gasteiger partial charge in [-0.25, -0.2) is 19.6 Å². The molecule has 0 aliphatic heterocycles. The van der Waals surface area contributed by atoms with Crippen molar-refractivity contribution in [2.45, 2.75) is 13.8 Å². The maximum Gasteiger partial charge on any atom is 0.354 e. The molecule has 0 aromatic carbocycles. The van der Waals surface area contributed by atoms with Crippen LogP contribution in [0, 0.1) is 13.8 Å². The van der Waals surface area contributed by atoms with E-state index >= 15 is 0 Å². The third-order valence-electron chi connectivity index (χ3n) is 2.64. The van der Waals surface area contributed by atoms with Gasteiger partial charge in [0.25, 0.3) is 0 Å². The minimum Gasteiger partial charge on any atom is -0.477 e. The van der Waals surface area contributed by atoms with Gasteiger partial charge in [-0.2, -0.15) is 0 Å². The molecule has 20 heavy (non-hydrogen) atoms. The van der Waals surface area contributed by atoms with Crippen LogP contribution in [0.25, 0.3) is 11.4 Å². The van der Waals surface area contributed by atoms with Crippen LogP contribution in [0.1, 0.15) is 32.1 Å². The van der Waals surface area contributed by atoms with Crippen molar-refractivity contribution in [2.24, 2.45) is 0 Å². The number of carbonyl (C=O) groups is 2. The van der Waals surface area contributed by atoms with Gasteiger partial charge in [-0.1, -0.05) is 0 Å². The van der Waals surface area contributed by atoms with Gasteiger partial charge in [-0.3, -0.25) is 0 Å². The molecule has 0 fully saturated rings. The van der Waals surface area contributed by atoms with Crippen LogP contribution < -0.4 is 0 Å². The van der Waals surface area contributed by atoms with Crippen LogP contribution in [0.5, 0.6) is 0 Å². The van der Waals surface area contributed by atoms with Crippen molar-refractivity contribution in [2.75, 3.05) is 0 Å². The topological polar surface area (TPSA) is 100 Å². The van der Waals surface area contributed by atoms with E-state index < -0.39 is 11.9 Å². The van der Waals surface area contributed by atoms with Crippen LogP contribution in [-0.2, 0) is 0 Å². The molecule has 6 nitrogen and oxygen atoms in total. The second kappa shape index (κ2) is 5.08. The smallest absolute Gasteiger partial charge is 0.354 e. The quantitative estimate of drug-likeness (QED) is 0.887. The van der Waals surface area contributed by atoms with Gasteiger partial charge in [0.15, 0.2) is 0 Å². The van der Waals surface area contributed by atoms with E-state index in [2.05, 4.69) is 9.97 Å². The highest BCUT2D eigenvalue weighted by Crippen LogP contribution is 2.19. The van der Waals surface area contributed by atoms with E-state index in [9.17, 15) is 9.59 Å². The second-order valence-corrected chi connectivity index (χ2v) is 4.44. The lowest BCUT2D eigenvalue weighted by atomic mass is 10.1. The average Bonchev–Trinajstić information content (AvgIpc) is 2.37. The molecule has 2 rings (SSSR count). The first-order chi connectivity index (χ1) is 9.36. The highest BCUT2D eigenvalue weighted by Gasteiger charge is 2.13. The van der Waals surface area contributed by atoms with E-state index in [0.29, 0.717) is 22.5 Å². The maximum absolute atomic E-state index is 11.0. The Bertz CT molecular complexity index is 649. The molecule has 0 aliphatic rings. The Morgan fingerprint density at radius 2 is 1.15 bits per heavy atom. The largest absolute Gasteiger partial charge is 0.477 e. The molecular formula is C14H12N2O4. The fraction of sp³-hybridized carbons (Fsp3) is 0.143. The molecular weight excluding hydrogens is 260 g/mol. The number of pyridine rings is 2. The fourth-order valence-electron chi connectivity index (χ4n) is 1.82. The van der Waals surface area contributed by atoms with E-state index in [1.807, 2.05) is 0 Å². The molecule has 2 heterocycles. The molecule has 0 saturated carbocycles. The first kappa shape index (κ1) is 13.7.